The minimum atomic E-state index is -0.835. The van der Waals surface area contributed by atoms with Crippen LogP contribution in [-0.4, -0.2) is 28.4 Å². The second-order valence-corrected chi connectivity index (χ2v) is 8.43. The van der Waals surface area contributed by atoms with Gasteiger partial charge in [-0.1, -0.05) is 23.7 Å². The van der Waals surface area contributed by atoms with Gasteiger partial charge in [-0.25, -0.2) is 0 Å². The molecule has 2 amide bonds. The third kappa shape index (κ3) is 4.87. The number of carbonyl (C=O) groups is 2. The summed E-state index contributed by atoms with van der Waals surface area (Å²) in [7, 11) is 0. The zero-order chi connectivity index (χ0) is 24.4. The topological polar surface area (TPSA) is 104 Å². The van der Waals surface area contributed by atoms with Crippen molar-refractivity contribution in [2.45, 2.75) is 6.10 Å². The Balaban J connectivity index is 1.32. The fourth-order valence-corrected chi connectivity index (χ4v) is 4.01. The second-order valence-electron chi connectivity index (χ2n) is 7.99. The molecule has 4 aromatic rings. The van der Waals surface area contributed by atoms with Crippen LogP contribution < -0.4 is 10.6 Å². The van der Waals surface area contributed by atoms with Crippen LogP contribution in [0.2, 0.25) is 5.02 Å². The molecule has 1 atom stereocenters. The highest BCUT2D eigenvalue weighted by Crippen LogP contribution is 2.35. The van der Waals surface area contributed by atoms with Crippen molar-refractivity contribution < 1.29 is 19.1 Å². The largest absolute Gasteiger partial charge is 0.457 e. The maximum atomic E-state index is 12.6. The maximum absolute atomic E-state index is 12.6. The average Bonchev–Trinajstić information content (AvgIpc) is 3.47. The smallest absolute Gasteiger partial charge is 0.256 e. The third-order valence-corrected chi connectivity index (χ3v) is 5.87. The van der Waals surface area contributed by atoms with Gasteiger partial charge in [-0.3, -0.25) is 14.6 Å². The standard InChI is InChI=1S/C27H20ClN3O4/c28-19-4-6-23-21(13-19)22(27(34)31-23)14-20-5-7-25(35-20)17-2-1-3-18(12-17)26(33)30-15-24(32)16-8-10-29-11-9-16/h1-14,24,32H,15H2,(H,30,33)(H,31,34)/b22-14+. The van der Waals surface area contributed by atoms with E-state index >= 15 is 0 Å². The lowest BCUT2D eigenvalue weighted by Crippen LogP contribution is -2.28. The molecule has 0 spiro atoms. The Bertz CT molecular complexity index is 1450. The molecule has 7 nitrogen and oxygen atoms in total. The van der Waals surface area contributed by atoms with Gasteiger partial charge in [0.05, 0.1) is 11.7 Å². The van der Waals surface area contributed by atoms with Crippen LogP contribution in [0.15, 0.2) is 83.5 Å². The molecule has 0 aliphatic carbocycles. The van der Waals surface area contributed by atoms with Gasteiger partial charge < -0.3 is 20.2 Å². The molecule has 174 valence electrons. The molecule has 0 radical (unpaired) electrons. The van der Waals surface area contributed by atoms with Gasteiger partial charge in [0.25, 0.3) is 11.8 Å². The van der Waals surface area contributed by atoms with E-state index < -0.39 is 6.10 Å². The number of pyridine rings is 1. The van der Waals surface area contributed by atoms with E-state index in [9.17, 15) is 14.7 Å². The summed E-state index contributed by atoms with van der Waals surface area (Å²) in [5.74, 6) is 0.499. The number of carbonyl (C=O) groups excluding carboxylic acids is 2. The fraction of sp³-hybridized carbons (Fsp3) is 0.0741. The summed E-state index contributed by atoms with van der Waals surface area (Å²) in [6, 6.07) is 19.1. The number of hydrogen-bond acceptors (Lipinski definition) is 5. The van der Waals surface area contributed by atoms with Crippen molar-refractivity contribution in [1.29, 1.82) is 0 Å². The minimum absolute atomic E-state index is 0.0686. The molecule has 2 aromatic carbocycles. The van der Waals surface area contributed by atoms with Gasteiger partial charge >= 0.3 is 0 Å². The van der Waals surface area contributed by atoms with Crippen LogP contribution in [-0.2, 0) is 4.79 Å². The summed E-state index contributed by atoms with van der Waals surface area (Å²) in [5.41, 5.74) is 3.69. The number of hydrogen-bond donors (Lipinski definition) is 3. The van der Waals surface area contributed by atoms with E-state index in [0.717, 1.165) is 0 Å². The Morgan fingerprint density at radius 3 is 2.77 bits per heavy atom. The molecular weight excluding hydrogens is 466 g/mol. The Labute approximate surface area is 206 Å². The van der Waals surface area contributed by atoms with Gasteiger partial charge in [-0.05, 0) is 66.2 Å². The second kappa shape index (κ2) is 9.58. The highest BCUT2D eigenvalue weighted by atomic mass is 35.5. The van der Waals surface area contributed by atoms with Crippen molar-refractivity contribution in [2.75, 3.05) is 11.9 Å². The van der Waals surface area contributed by atoms with Crippen molar-refractivity contribution in [3.8, 4) is 11.3 Å². The number of anilines is 1. The van der Waals surface area contributed by atoms with E-state index in [4.69, 9.17) is 16.0 Å². The molecule has 1 unspecified atom stereocenters. The van der Waals surface area contributed by atoms with Gasteiger partial charge in [0.2, 0.25) is 0 Å². The normalized spacial score (nSPS) is 14.5. The summed E-state index contributed by atoms with van der Waals surface area (Å²) in [6.45, 7) is 0.0686. The summed E-state index contributed by atoms with van der Waals surface area (Å²) < 4.78 is 5.95. The van der Waals surface area contributed by atoms with Crippen LogP contribution in [0.25, 0.3) is 23.0 Å². The number of aliphatic hydroxyl groups is 1. The lowest BCUT2D eigenvalue weighted by Gasteiger charge is -2.12. The monoisotopic (exact) mass is 485 g/mol. The van der Waals surface area contributed by atoms with Gasteiger partial charge in [-0.2, -0.15) is 0 Å². The number of furan rings is 1. The first-order valence-corrected chi connectivity index (χ1v) is 11.2. The zero-order valence-electron chi connectivity index (χ0n) is 18.4. The van der Waals surface area contributed by atoms with Crippen LogP contribution in [0.3, 0.4) is 0 Å². The van der Waals surface area contributed by atoms with Gasteiger partial charge in [0.15, 0.2) is 0 Å². The van der Waals surface area contributed by atoms with E-state index in [1.54, 1.807) is 79.1 Å². The Morgan fingerprint density at radius 1 is 1.11 bits per heavy atom. The summed E-state index contributed by atoms with van der Waals surface area (Å²) in [4.78, 5) is 29.0. The highest BCUT2D eigenvalue weighted by Gasteiger charge is 2.24. The highest BCUT2D eigenvalue weighted by molar-refractivity contribution is 6.36. The average molecular weight is 486 g/mol. The Morgan fingerprint density at radius 2 is 1.94 bits per heavy atom. The molecular formula is C27H20ClN3O4. The number of nitrogens with one attached hydrogen (secondary N) is 2. The fourth-order valence-electron chi connectivity index (χ4n) is 3.84. The van der Waals surface area contributed by atoms with E-state index in [1.807, 2.05) is 6.07 Å². The number of aromatic nitrogens is 1. The summed E-state index contributed by atoms with van der Waals surface area (Å²) >= 11 is 6.10. The predicted molar refractivity (Wildman–Crippen MR) is 134 cm³/mol. The van der Waals surface area contributed by atoms with Gasteiger partial charge in [0.1, 0.15) is 11.5 Å². The Hall–Kier alpha value is -4.20. The number of rotatable bonds is 6. The van der Waals surface area contributed by atoms with Crippen LogP contribution in [0.1, 0.15) is 33.3 Å². The van der Waals surface area contributed by atoms with Crippen LogP contribution in [0, 0.1) is 0 Å². The molecule has 0 fully saturated rings. The molecule has 1 aliphatic heterocycles. The molecule has 1 aliphatic rings. The SMILES string of the molecule is O=C1Nc2ccc(Cl)cc2/C1=C\c1ccc(-c2cccc(C(=O)NCC(O)c3ccncc3)c2)o1. The van der Waals surface area contributed by atoms with Crippen molar-refractivity contribution in [3.63, 3.8) is 0 Å². The van der Waals surface area contributed by atoms with Gasteiger partial charge in [0, 0.05) is 46.3 Å². The molecule has 2 aromatic heterocycles. The maximum Gasteiger partial charge on any atom is 0.256 e. The summed E-state index contributed by atoms with van der Waals surface area (Å²) in [6.07, 6.45) is 4.01. The van der Waals surface area contributed by atoms with Crippen molar-refractivity contribution in [2.24, 2.45) is 0 Å². The number of fused-ring (bicyclic) bond motifs is 1. The lowest BCUT2D eigenvalue weighted by molar-refractivity contribution is -0.110. The Kier molecular flexibility index (Phi) is 6.18. The lowest BCUT2D eigenvalue weighted by atomic mass is 10.1. The van der Waals surface area contributed by atoms with E-state index in [-0.39, 0.29) is 18.4 Å². The number of halogens is 1. The molecule has 3 heterocycles. The number of nitrogens with zero attached hydrogens (tertiary/aromatic N) is 1. The first-order chi connectivity index (χ1) is 17.0. The minimum Gasteiger partial charge on any atom is -0.457 e. The number of aliphatic hydroxyl groups excluding tert-OH is 1. The predicted octanol–water partition coefficient (Wildman–Crippen LogP) is 4.95. The van der Waals surface area contributed by atoms with Crippen LogP contribution in [0.5, 0.6) is 0 Å². The molecule has 0 saturated carbocycles. The summed E-state index contributed by atoms with van der Waals surface area (Å²) in [5, 5.41) is 16.4. The van der Waals surface area contributed by atoms with Crippen LogP contribution in [0.4, 0.5) is 5.69 Å². The van der Waals surface area contributed by atoms with E-state index in [2.05, 4.69) is 15.6 Å². The van der Waals surface area contributed by atoms with Crippen molar-refractivity contribution in [1.82, 2.24) is 10.3 Å². The van der Waals surface area contributed by atoms with Crippen LogP contribution >= 0.6 is 11.6 Å². The zero-order valence-corrected chi connectivity index (χ0v) is 19.1. The van der Waals surface area contributed by atoms with Crippen molar-refractivity contribution in [3.05, 3.63) is 107 Å². The number of benzene rings is 2. The third-order valence-electron chi connectivity index (χ3n) is 5.63. The van der Waals surface area contributed by atoms with Crippen molar-refractivity contribution >= 4 is 40.8 Å². The molecule has 8 heteroatoms. The molecule has 35 heavy (non-hydrogen) atoms. The van der Waals surface area contributed by atoms with Gasteiger partial charge in [-0.15, -0.1) is 0 Å². The molecule has 0 saturated heterocycles. The quantitative estimate of drug-likeness (QED) is 0.335. The molecule has 5 rings (SSSR count). The van der Waals surface area contributed by atoms with E-state index in [0.29, 0.717) is 50.1 Å². The first-order valence-electron chi connectivity index (χ1n) is 10.9. The van der Waals surface area contributed by atoms with E-state index in [1.165, 1.54) is 0 Å². The number of amides is 2. The molecule has 0 bridgehead atoms. The molecule has 3 N–H and O–H groups in total. The first kappa shape index (κ1) is 22.6.